The van der Waals surface area contributed by atoms with E-state index >= 15 is 0 Å². The molecule has 19 heavy (non-hydrogen) atoms. The third-order valence-corrected chi connectivity index (χ3v) is 4.89. The molecule has 102 valence electrons. The van der Waals surface area contributed by atoms with Gasteiger partial charge in [0.25, 0.3) is 0 Å². The number of imidazole rings is 1. The number of aromatic nitrogens is 2. The van der Waals surface area contributed by atoms with E-state index in [0.717, 1.165) is 11.1 Å². The van der Waals surface area contributed by atoms with Gasteiger partial charge in [-0.15, -0.1) is 0 Å². The van der Waals surface area contributed by atoms with Crippen LogP contribution in [0, 0.1) is 0 Å². The third-order valence-electron chi connectivity index (χ3n) is 4.89. The Hall–Kier alpha value is -1.35. The highest BCUT2D eigenvalue weighted by molar-refractivity contribution is 5.77. The average Bonchev–Trinajstić information content (AvgIpc) is 3.04. The van der Waals surface area contributed by atoms with Crippen molar-refractivity contribution in [2.75, 3.05) is 0 Å². The van der Waals surface area contributed by atoms with Crippen molar-refractivity contribution in [2.24, 2.45) is 12.8 Å². The summed E-state index contributed by atoms with van der Waals surface area (Å²) in [5.41, 5.74) is 9.51. The molecule has 0 atom stereocenters. The van der Waals surface area contributed by atoms with Crippen molar-refractivity contribution < 1.29 is 0 Å². The van der Waals surface area contributed by atoms with Gasteiger partial charge in [-0.3, -0.25) is 0 Å². The Balaban J connectivity index is 2.16. The van der Waals surface area contributed by atoms with Gasteiger partial charge in [-0.25, -0.2) is 4.98 Å². The summed E-state index contributed by atoms with van der Waals surface area (Å²) in [5, 5.41) is 0. The van der Waals surface area contributed by atoms with E-state index in [9.17, 15) is 0 Å². The van der Waals surface area contributed by atoms with Crippen LogP contribution >= 0.6 is 0 Å². The number of hydrogen-bond donors (Lipinski definition) is 1. The maximum Gasteiger partial charge on any atom is 0.115 e. The number of hydrogen-bond acceptors (Lipinski definition) is 2. The average molecular weight is 257 g/mol. The molecule has 0 bridgehead atoms. The van der Waals surface area contributed by atoms with Crippen molar-refractivity contribution in [3.8, 4) is 0 Å². The molecule has 2 aromatic rings. The first kappa shape index (κ1) is 12.7. The molecule has 1 aromatic carbocycles. The number of nitrogens with two attached hydrogens (primary N) is 1. The minimum absolute atomic E-state index is 0.302. The maximum atomic E-state index is 5.73. The first-order valence-electron chi connectivity index (χ1n) is 7.36. The van der Waals surface area contributed by atoms with Gasteiger partial charge in [0.2, 0.25) is 0 Å². The van der Waals surface area contributed by atoms with Crippen LogP contribution in [0.5, 0.6) is 0 Å². The lowest BCUT2D eigenvalue weighted by molar-refractivity contribution is 0.389. The van der Waals surface area contributed by atoms with Crippen molar-refractivity contribution in [3.63, 3.8) is 0 Å². The molecule has 1 saturated carbocycles. The Morgan fingerprint density at radius 1 is 1.32 bits per heavy atom. The van der Waals surface area contributed by atoms with Crippen LogP contribution in [-0.4, -0.2) is 9.55 Å². The fourth-order valence-corrected chi connectivity index (χ4v) is 3.63. The number of rotatable bonds is 3. The van der Waals surface area contributed by atoms with Crippen molar-refractivity contribution in [3.05, 3.63) is 29.6 Å². The largest absolute Gasteiger partial charge is 0.331 e. The summed E-state index contributed by atoms with van der Waals surface area (Å²) >= 11 is 0. The molecule has 1 fully saturated rings. The summed E-state index contributed by atoms with van der Waals surface area (Å²) in [4.78, 5) is 4.95. The summed E-state index contributed by atoms with van der Waals surface area (Å²) in [5.74, 6) is 1.27. The number of fused-ring (bicyclic) bond motifs is 1. The van der Waals surface area contributed by atoms with Gasteiger partial charge in [0.1, 0.15) is 5.82 Å². The SMILES string of the molecule is CCC1(c2nc3cc(CN)ccc3n2C)CCCC1. The predicted molar refractivity (Wildman–Crippen MR) is 79.0 cm³/mol. The van der Waals surface area contributed by atoms with E-state index in [-0.39, 0.29) is 0 Å². The third kappa shape index (κ3) is 1.88. The molecule has 0 saturated heterocycles. The van der Waals surface area contributed by atoms with E-state index in [2.05, 4.69) is 36.7 Å². The highest BCUT2D eigenvalue weighted by atomic mass is 15.1. The molecule has 0 amide bonds. The normalized spacial score (nSPS) is 18.3. The van der Waals surface area contributed by atoms with E-state index < -0.39 is 0 Å². The summed E-state index contributed by atoms with van der Waals surface area (Å²) in [6, 6.07) is 6.41. The molecule has 2 N–H and O–H groups in total. The minimum atomic E-state index is 0.302. The van der Waals surface area contributed by atoms with Crippen molar-refractivity contribution in [2.45, 2.75) is 51.0 Å². The van der Waals surface area contributed by atoms with Gasteiger partial charge >= 0.3 is 0 Å². The van der Waals surface area contributed by atoms with Crippen LogP contribution in [-0.2, 0) is 19.0 Å². The summed E-state index contributed by atoms with van der Waals surface area (Å²) < 4.78 is 2.30. The maximum absolute atomic E-state index is 5.73. The van der Waals surface area contributed by atoms with Crippen LogP contribution in [0.2, 0.25) is 0 Å². The second kappa shape index (κ2) is 4.64. The molecule has 1 aliphatic rings. The van der Waals surface area contributed by atoms with Gasteiger partial charge in [0.05, 0.1) is 11.0 Å². The molecule has 1 heterocycles. The lowest BCUT2D eigenvalue weighted by Gasteiger charge is -2.26. The van der Waals surface area contributed by atoms with Gasteiger partial charge in [-0.2, -0.15) is 0 Å². The van der Waals surface area contributed by atoms with Crippen molar-refractivity contribution >= 4 is 11.0 Å². The first-order chi connectivity index (χ1) is 9.20. The molecule has 0 radical (unpaired) electrons. The van der Waals surface area contributed by atoms with Crippen LogP contribution in [0.25, 0.3) is 11.0 Å². The van der Waals surface area contributed by atoms with Crippen LogP contribution in [0.15, 0.2) is 18.2 Å². The molecule has 1 aromatic heterocycles. The Bertz CT molecular complexity index is 591. The van der Waals surface area contributed by atoms with E-state index in [4.69, 9.17) is 10.7 Å². The summed E-state index contributed by atoms with van der Waals surface area (Å²) in [6.45, 7) is 2.89. The Labute approximate surface area is 114 Å². The first-order valence-corrected chi connectivity index (χ1v) is 7.36. The summed E-state index contributed by atoms with van der Waals surface area (Å²) in [6.07, 6.45) is 6.43. The van der Waals surface area contributed by atoms with Crippen molar-refractivity contribution in [1.82, 2.24) is 9.55 Å². The highest BCUT2D eigenvalue weighted by Gasteiger charge is 2.37. The molecular weight excluding hydrogens is 234 g/mol. The number of aryl methyl sites for hydroxylation is 1. The van der Waals surface area contributed by atoms with E-state index in [0.29, 0.717) is 12.0 Å². The highest BCUT2D eigenvalue weighted by Crippen LogP contribution is 2.43. The van der Waals surface area contributed by atoms with Crippen LogP contribution in [0.4, 0.5) is 0 Å². The minimum Gasteiger partial charge on any atom is -0.331 e. The van der Waals surface area contributed by atoms with E-state index in [1.807, 2.05) is 0 Å². The van der Waals surface area contributed by atoms with Gasteiger partial charge in [0, 0.05) is 19.0 Å². The molecule has 0 spiro atoms. The number of benzene rings is 1. The van der Waals surface area contributed by atoms with Crippen LogP contribution in [0.1, 0.15) is 50.4 Å². The van der Waals surface area contributed by atoms with Gasteiger partial charge in [-0.1, -0.05) is 25.8 Å². The second-order valence-corrected chi connectivity index (χ2v) is 5.86. The molecule has 3 rings (SSSR count). The van der Waals surface area contributed by atoms with Crippen molar-refractivity contribution in [1.29, 1.82) is 0 Å². The quantitative estimate of drug-likeness (QED) is 0.917. The van der Waals surface area contributed by atoms with Crippen LogP contribution in [0.3, 0.4) is 0 Å². The predicted octanol–water partition coefficient (Wildman–Crippen LogP) is 3.25. The fraction of sp³-hybridized carbons (Fsp3) is 0.562. The van der Waals surface area contributed by atoms with Gasteiger partial charge in [0.15, 0.2) is 0 Å². The molecule has 3 heteroatoms. The molecule has 3 nitrogen and oxygen atoms in total. The lowest BCUT2D eigenvalue weighted by atomic mass is 9.82. The Morgan fingerprint density at radius 2 is 2.05 bits per heavy atom. The molecule has 1 aliphatic carbocycles. The Kier molecular flexibility index (Phi) is 3.09. The van der Waals surface area contributed by atoms with E-state index in [1.54, 1.807) is 0 Å². The zero-order valence-corrected chi connectivity index (χ0v) is 11.9. The molecule has 0 unspecified atom stereocenters. The summed E-state index contributed by atoms with van der Waals surface area (Å²) in [7, 11) is 2.16. The zero-order chi connectivity index (χ0) is 13.5. The van der Waals surface area contributed by atoms with Gasteiger partial charge < -0.3 is 10.3 Å². The molecule has 0 aliphatic heterocycles. The fourth-order valence-electron chi connectivity index (χ4n) is 3.63. The lowest BCUT2D eigenvalue weighted by Crippen LogP contribution is -2.25. The topological polar surface area (TPSA) is 43.8 Å². The monoisotopic (exact) mass is 257 g/mol. The van der Waals surface area contributed by atoms with E-state index in [1.165, 1.54) is 43.4 Å². The Morgan fingerprint density at radius 3 is 2.68 bits per heavy atom. The van der Waals surface area contributed by atoms with Gasteiger partial charge in [-0.05, 0) is 37.0 Å². The second-order valence-electron chi connectivity index (χ2n) is 5.86. The zero-order valence-electron chi connectivity index (χ0n) is 11.9. The molecular formula is C16H23N3. The standard InChI is InChI=1S/C16H23N3/c1-3-16(8-4-5-9-16)15-18-13-10-12(11-17)6-7-14(13)19(15)2/h6-7,10H,3-5,8-9,11,17H2,1-2H3. The smallest absolute Gasteiger partial charge is 0.115 e. The number of nitrogens with zero attached hydrogens (tertiary/aromatic N) is 2. The van der Waals surface area contributed by atoms with Crippen LogP contribution < -0.4 is 5.73 Å².